The average molecular weight is 440 g/mol. The summed E-state index contributed by atoms with van der Waals surface area (Å²) in [5.74, 6) is -1.56. The van der Waals surface area contributed by atoms with Crippen molar-refractivity contribution in [1.82, 2.24) is 9.62 Å². The van der Waals surface area contributed by atoms with Crippen LogP contribution in [-0.2, 0) is 26.2 Å². The molecule has 0 radical (unpaired) electrons. The molecule has 0 spiro atoms. The van der Waals surface area contributed by atoms with Crippen molar-refractivity contribution >= 4 is 43.5 Å². The summed E-state index contributed by atoms with van der Waals surface area (Å²) in [5, 5.41) is 4.98. The molecule has 7 nitrogen and oxygen atoms in total. The molecule has 2 rings (SSSR count). The summed E-state index contributed by atoms with van der Waals surface area (Å²) in [6.07, 6.45) is 0. The van der Waals surface area contributed by atoms with Crippen molar-refractivity contribution in [2.45, 2.75) is 11.4 Å². The van der Waals surface area contributed by atoms with Crippen molar-refractivity contribution in [3.8, 4) is 0 Å². The fourth-order valence-electron chi connectivity index (χ4n) is 1.97. The van der Waals surface area contributed by atoms with E-state index in [1.165, 1.54) is 26.2 Å². The average Bonchev–Trinajstić information content (AvgIpc) is 2.61. The molecule has 138 valence electrons. The molecule has 0 aromatic heterocycles. The Bertz CT molecular complexity index is 895. The molecule has 2 aromatic carbocycles. The zero-order valence-corrected chi connectivity index (χ0v) is 16.6. The summed E-state index contributed by atoms with van der Waals surface area (Å²) in [5.41, 5.74) is 1.18. The summed E-state index contributed by atoms with van der Waals surface area (Å²) in [4.78, 5) is 23.9. The predicted molar refractivity (Wildman–Crippen MR) is 102 cm³/mol. The van der Waals surface area contributed by atoms with E-state index in [0.29, 0.717) is 11.3 Å². The second kappa shape index (κ2) is 8.43. The molecule has 0 fully saturated rings. The first-order chi connectivity index (χ1) is 12.2. The first-order valence-electron chi connectivity index (χ1n) is 7.56. The Labute approximate surface area is 160 Å². The monoisotopic (exact) mass is 439 g/mol. The highest BCUT2D eigenvalue weighted by molar-refractivity contribution is 9.10. The topological polar surface area (TPSA) is 95.6 Å². The van der Waals surface area contributed by atoms with Crippen molar-refractivity contribution < 1.29 is 18.0 Å². The number of nitrogens with one attached hydrogen (secondary N) is 2. The summed E-state index contributed by atoms with van der Waals surface area (Å²) < 4.78 is 26.0. The fraction of sp³-hybridized carbons (Fsp3) is 0.176. The first-order valence-corrected chi connectivity index (χ1v) is 9.79. The van der Waals surface area contributed by atoms with E-state index in [4.69, 9.17) is 0 Å². The number of rotatable bonds is 5. The quantitative estimate of drug-likeness (QED) is 0.695. The van der Waals surface area contributed by atoms with E-state index in [-0.39, 0.29) is 11.4 Å². The van der Waals surface area contributed by atoms with Gasteiger partial charge in [-0.1, -0.05) is 28.1 Å². The molecule has 0 unspecified atom stereocenters. The molecule has 0 saturated heterocycles. The van der Waals surface area contributed by atoms with Crippen LogP contribution in [0.2, 0.25) is 0 Å². The number of amides is 2. The van der Waals surface area contributed by atoms with Crippen LogP contribution in [0.5, 0.6) is 0 Å². The molecule has 2 aromatic rings. The lowest BCUT2D eigenvalue weighted by atomic mass is 10.2. The number of carbonyl (C=O) groups excluding carboxylic acids is 2. The maximum absolute atomic E-state index is 12.0. The summed E-state index contributed by atoms with van der Waals surface area (Å²) in [6.45, 7) is 0.106. The number of hydrogen-bond acceptors (Lipinski definition) is 4. The van der Waals surface area contributed by atoms with E-state index >= 15 is 0 Å². The van der Waals surface area contributed by atoms with Gasteiger partial charge in [0.2, 0.25) is 10.0 Å². The number of hydrogen-bond donors (Lipinski definition) is 2. The fourth-order valence-corrected chi connectivity index (χ4v) is 3.14. The molecule has 2 N–H and O–H groups in total. The molecule has 0 heterocycles. The minimum Gasteiger partial charge on any atom is -0.344 e. The highest BCUT2D eigenvalue weighted by atomic mass is 79.9. The third-order valence-corrected chi connectivity index (χ3v) is 5.82. The number of anilines is 1. The van der Waals surface area contributed by atoms with Gasteiger partial charge in [-0.15, -0.1) is 0 Å². The molecule has 0 atom stereocenters. The maximum atomic E-state index is 12.0. The standard InChI is InChI=1S/C17H18BrN3O4S/c1-21(2)26(24,25)15-9-3-12(4-10-15)11-19-16(22)17(23)20-14-7-5-13(18)6-8-14/h3-10H,11H2,1-2H3,(H,19,22)(H,20,23). The van der Waals surface area contributed by atoms with Crippen LogP contribution in [0.4, 0.5) is 5.69 Å². The molecular formula is C17H18BrN3O4S. The zero-order chi connectivity index (χ0) is 19.3. The Kier molecular flexibility index (Phi) is 6.52. The lowest BCUT2D eigenvalue weighted by Gasteiger charge is -2.12. The molecule has 0 aliphatic heterocycles. The second-order valence-electron chi connectivity index (χ2n) is 5.58. The molecule has 0 aliphatic rings. The minimum atomic E-state index is -3.50. The van der Waals surface area contributed by atoms with Gasteiger partial charge in [0.1, 0.15) is 0 Å². The Balaban J connectivity index is 1.92. The minimum absolute atomic E-state index is 0.106. The number of benzene rings is 2. The smallest absolute Gasteiger partial charge is 0.313 e. The van der Waals surface area contributed by atoms with Gasteiger partial charge in [0.15, 0.2) is 0 Å². The lowest BCUT2D eigenvalue weighted by Crippen LogP contribution is -2.34. The lowest BCUT2D eigenvalue weighted by molar-refractivity contribution is -0.136. The molecule has 2 amide bonds. The Morgan fingerprint density at radius 1 is 0.962 bits per heavy atom. The van der Waals surface area contributed by atoms with Gasteiger partial charge in [-0.05, 0) is 42.0 Å². The highest BCUT2D eigenvalue weighted by Crippen LogP contribution is 2.15. The van der Waals surface area contributed by atoms with Crippen molar-refractivity contribution in [1.29, 1.82) is 0 Å². The van der Waals surface area contributed by atoms with E-state index < -0.39 is 21.8 Å². The van der Waals surface area contributed by atoms with E-state index in [2.05, 4.69) is 26.6 Å². The van der Waals surface area contributed by atoms with Gasteiger partial charge in [0.05, 0.1) is 4.90 Å². The molecule has 26 heavy (non-hydrogen) atoms. The molecular weight excluding hydrogens is 422 g/mol. The van der Waals surface area contributed by atoms with Crippen molar-refractivity contribution in [3.63, 3.8) is 0 Å². The van der Waals surface area contributed by atoms with Crippen LogP contribution in [0.3, 0.4) is 0 Å². The van der Waals surface area contributed by atoms with Crippen LogP contribution < -0.4 is 10.6 Å². The van der Waals surface area contributed by atoms with Crippen LogP contribution >= 0.6 is 15.9 Å². The van der Waals surface area contributed by atoms with Gasteiger partial charge in [-0.2, -0.15) is 0 Å². The first kappa shape index (κ1) is 20.1. The van der Waals surface area contributed by atoms with Gasteiger partial charge in [-0.3, -0.25) is 9.59 Å². The van der Waals surface area contributed by atoms with Crippen LogP contribution in [0.1, 0.15) is 5.56 Å². The Morgan fingerprint density at radius 2 is 1.54 bits per heavy atom. The van der Waals surface area contributed by atoms with Crippen molar-refractivity contribution in [2.75, 3.05) is 19.4 Å². The van der Waals surface area contributed by atoms with Crippen molar-refractivity contribution in [2.24, 2.45) is 0 Å². The Hall–Kier alpha value is -2.23. The van der Waals surface area contributed by atoms with Gasteiger partial charge in [-0.25, -0.2) is 12.7 Å². The van der Waals surface area contributed by atoms with Gasteiger partial charge < -0.3 is 10.6 Å². The van der Waals surface area contributed by atoms with E-state index in [0.717, 1.165) is 8.78 Å². The highest BCUT2D eigenvalue weighted by Gasteiger charge is 2.17. The third-order valence-electron chi connectivity index (χ3n) is 3.46. The van der Waals surface area contributed by atoms with E-state index in [1.54, 1.807) is 36.4 Å². The largest absolute Gasteiger partial charge is 0.344 e. The molecule has 0 aliphatic carbocycles. The van der Waals surface area contributed by atoms with E-state index in [9.17, 15) is 18.0 Å². The summed E-state index contributed by atoms with van der Waals surface area (Å²) in [6, 6.07) is 12.9. The zero-order valence-electron chi connectivity index (χ0n) is 14.2. The molecule has 0 saturated carbocycles. The van der Waals surface area contributed by atoms with Gasteiger partial charge in [0.25, 0.3) is 0 Å². The second-order valence-corrected chi connectivity index (χ2v) is 8.64. The Morgan fingerprint density at radius 3 is 2.08 bits per heavy atom. The predicted octanol–water partition coefficient (Wildman–Crippen LogP) is 1.95. The maximum Gasteiger partial charge on any atom is 0.313 e. The van der Waals surface area contributed by atoms with Crippen LogP contribution in [-0.4, -0.2) is 38.6 Å². The van der Waals surface area contributed by atoms with Crippen LogP contribution in [0.15, 0.2) is 57.9 Å². The van der Waals surface area contributed by atoms with Gasteiger partial charge >= 0.3 is 11.8 Å². The normalized spacial score (nSPS) is 11.2. The third kappa shape index (κ3) is 5.13. The number of sulfonamides is 1. The number of halogens is 1. The molecule has 9 heteroatoms. The number of nitrogens with zero attached hydrogens (tertiary/aromatic N) is 1. The van der Waals surface area contributed by atoms with Gasteiger partial charge in [0, 0.05) is 30.8 Å². The number of carbonyl (C=O) groups is 2. The van der Waals surface area contributed by atoms with Crippen LogP contribution in [0.25, 0.3) is 0 Å². The van der Waals surface area contributed by atoms with Crippen LogP contribution in [0, 0.1) is 0 Å². The SMILES string of the molecule is CN(C)S(=O)(=O)c1ccc(CNC(=O)C(=O)Nc2ccc(Br)cc2)cc1. The summed E-state index contributed by atoms with van der Waals surface area (Å²) >= 11 is 3.28. The van der Waals surface area contributed by atoms with Crippen molar-refractivity contribution in [3.05, 3.63) is 58.6 Å². The van der Waals surface area contributed by atoms with E-state index in [1.807, 2.05) is 0 Å². The summed E-state index contributed by atoms with van der Waals surface area (Å²) in [7, 11) is -0.594. The molecule has 0 bridgehead atoms.